The molecule has 0 radical (unpaired) electrons. The molecule has 4 nitrogen and oxygen atoms in total. The molecule has 2 rings (SSSR count). The van der Waals surface area contributed by atoms with Gasteiger partial charge in [0.15, 0.2) is 0 Å². The number of nitrogens with two attached hydrogens (primary N) is 1. The standard InChI is InChI=1S/C18H22N2O2/c1-20(13-15-10-6-7-11-17(15)22-2)18(21)16(12-19)14-8-4-3-5-9-14/h3-11,16H,12-13,19H2,1-2H3. The number of nitrogens with zero attached hydrogens (tertiary/aromatic N) is 1. The lowest BCUT2D eigenvalue weighted by Gasteiger charge is -2.24. The van der Waals surface area contributed by atoms with Crippen LogP contribution in [0, 0.1) is 0 Å². The zero-order valence-corrected chi connectivity index (χ0v) is 13.0. The fourth-order valence-electron chi connectivity index (χ4n) is 2.50. The number of rotatable bonds is 6. The van der Waals surface area contributed by atoms with E-state index < -0.39 is 0 Å². The molecule has 0 aliphatic carbocycles. The van der Waals surface area contributed by atoms with Crippen LogP contribution < -0.4 is 10.5 Å². The zero-order chi connectivity index (χ0) is 15.9. The van der Waals surface area contributed by atoms with Gasteiger partial charge in [0.2, 0.25) is 5.91 Å². The highest BCUT2D eigenvalue weighted by molar-refractivity contribution is 5.83. The summed E-state index contributed by atoms with van der Waals surface area (Å²) >= 11 is 0. The third kappa shape index (κ3) is 3.65. The summed E-state index contributed by atoms with van der Waals surface area (Å²) in [6, 6.07) is 17.4. The summed E-state index contributed by atoms with van der Waals surface area (Å²) in [5.74, 6) is 0.478. The molecule has 22 heavy (non-hydrogen) atoms. The van der Waals surface area contributed by atoms with Gasteiger partial charge in [-0.3, -0.25) is 4.79 Å². The van der Waals surface area contributed by atoms with E-state index in [0.29, 0.717) is 13.1 Å². The number of ether oxygens (including phenoxy) is 1. The van der Waals surface area contributed by atoms with Crippen molar-refractivity contribution in [3.8, 4) is 5.75 Å². The van der Waals surface area contributed by atoms with Crippen molar-refractivity contribution in [3.05, 3.63) is 65.7 Å². The van der Waals surface area contributed by atoms with Gasteiger partial charge in [0.25, 0.3) is 0 Å². The number of carbonyl (C=O) groups excluding carboxylic acids is 1. The Bertz CT molecular complexity index is 613. The molecule has 1 atom stereocenters. The van der Waals surface area contributed by atoms with Crippen LogP contribution in [0.2, 0.25) is 0 Å². The van der Waals surface area contributed by atoms with Crippen LogP contribution in [0.15, 0.2) is 54.6 Å². The number of para-hydroxylation sites is 1. The van der Waals surface area contributed by atoms with Crippen LogP contribution in [0.4, 0.5) is 0 Å². The fraction of sp³-hybridized carbons (Fsp3) is 0.278. The first-order chi connectivity index (χ1) is 10.7. The van der Waals surface area contributed by atoms with Crippen molar-refractivity contribution in [3.63, 3.8) is 0 Å². The van der Waals surface area contributed by atoms with Gasteiger partial charge in [0, 0.05) is 25.7 Å². The molecule has 1 amide bonds. The van der Waals surface area contributed by atoms with Crippen LogP contribution in [0.25, 0.3) is 0 Å². The molecule has 0 aliphatic rings. The van der Waals surface area contributed by atoms with Gasteiger partial charge in [0.05, 0.1) is 13.0 Å². The summed E-state index contributed by atoms with van der Waals surface area (Å²) in [7, 11) is 3.42. The molecule has 4 heteroatoms. The number of amides is 1. The van der Waals surface area contributed by atoms with Gasteiger partial charge in [-0.25, -0.2) is 0 Å². The number of likely N-dealkylation sites (N-methyl/N-ethyl adjacent to an activating group) is 1. The Labute approximate surface area is 131 Å². The third-order valence-corrected chi connectivity index (χ3v) is 3.71. The summed E-state index contributed by atoms with van der Waals surface area (Å²) in [6.07, 6.45) is 0. The van der Waals surface area contributed by atoms with Gasteiger partial charge in [0.1, 0.15) is 5.75 Å². The Morgan fingerprint density at radius 3 is 2.41 bits per heavy atom. The van der Waals surface area contributed by atoms with E-state index in [2.05, 4.69) is 0 Å². The summed E-state index contributed by atoms with van der Waals surface area (Å²) in [4.78, 5) is 14.4. The predicted octanol–water partition coefficient (Wildman–Crippen LogP) is 2.40. The van der Waals surface area contributed by atoms with Crippen LogP contribution in [-0.4, -0.2) is 31.5 Å². The maximum Gasteiger partial charge on any atom is 0.231 e. The molecular formula is C18H22N2O2. The van der Waals surface area contributed by atoms with Gasteiger partial charge >= 0.3 is 0 Å². The Morgan fingerprint density at radius 1 is 1.14 bits per heavy atom. The number of hydrogen-bond donors (Lipinski definition) is 1. The molecule has 0 spiro atoms. The Morgan fingerprint density at radius 2 is 1.77 bits per heavy atom. The van der Waals surface area contributed by atoms with Crippen LogP contribution in [-0.2, 0) is 11.3 Å². The molecule has 0 aliphatic heterocycles. The second kappa shape index (κ2) is 7.61. The first-order valence-electron chi connectivity index (χ1n) is 7.29. The highest BCUT2D eigenvalue weighted by atomic mass is 16.5. The van der Waals surface area contributed by atoms with Gasteiger partial charge in [-0.05, 0) is 11.6 Å². The molecule has 0 fully saturated rings. The molecule has 0 saturated carbocycles. The minimum atomic E-state index is -0.319. The molecule has 0 bridgehead atoms. The smallest absolute Gasteiger partial charge is 0.231 e. The van der Waals surface area contributed by atoms with Gasteiger partial charge in [-0.2, -0.15) is 0 Å². The minimum Gasteiger partial charge on any atom is -0.496 e. The lowest BCUT2D eigenvalue weighted by Crippen LogP contribution is -2.34. The van der Waals surface area contributed by atoms with Crippen molar-refractivity contribution < 1.29 is 9.53 Å². The largest absolute Gasteiger partial charge is 0.496 e. The van der Waals surface area contributed by atoms with Crippen LogP contribution >= 0.6 is 0 Å². The van der Waals surface area contributed by atoms with Gasteiger partial charge in [-0.1, -0.05) is 48.5 Å². The highest BCUT2D eigenvalue weighted by Crippen LogP contribution is 2.22. The molecular weight excluding hydrogens is 276 g/mol. The van der Waals surface area contributed by atoms with E-state index in [1.165, 1.54) is 0 Å². The van der Waals surface area contributed by atoms with E-state index in [4.69, 9.17) is 10.5 Å². The first kappa shape index (κ1) is 16.0. The number of benzene rings is 2. The molecule has 2 aromatic carbocycles. The van der Waals surface area contributed by atoms with E-state index in [1.807, 2.05) is 54.6 Å². The van der Waals surface area contributed by atoms with E-state index in [9.17, 15) is 4.79 Å². The van der Waals surface area contributed by atoms with Crippen molar-refractivity contribution in [1.29, 1.82) is 0 Å². The molecule has 0 heterocycles. The van der Waals surface area contributed by atoms with E-state index in [-0.39, 0.29) is 11.8 Å². The number of hydrogen-bond acceptors (Lipinski definition) is 3. The van der Waals surface area contributed by atoms with E-state index in [0.717, 1.165) is 16.9 Å². The molecule has 2 aromatic rings. The maximum absolute atomic E-state index is 12.7. The Kier molecular flexibility index (Phi) is 5.55. The lowest BCUT2D eigenvalue weighted by molar-refractivity contribution is -0.131. The SMILES string of the molecule is COc1ccccc1CN(C)C(=O)C(CN)c1ccccc1. The van der Waals surface area contributed by atoms with Crippen LogP contribution in [0.1, 0.15) is 17.0 Å². The third-order valence-electron chi connectivity index (χ3n) is 3.71. The average molecular weight is 298 g/mol. The monoisotopic (exact) mass is 298 g/mol. The van der Waals surface area contributed by atoms with Crippen molar-refractivity contribution >= 4 is 5.91 Å². The van der Waals surface area contributed by atoms with Crippen LogP contribution in [0.3, 0.4) is 0 Å². The summed E-state index contributed by atoms with van der Waals surface area (Å²) < 4.78 is 5.33. The minimum absolute atomic E-state index is 0.0135. The summed E-state index contributed by atoms with van der Waals surface area (Å²) in [5.41, 5.74) is 7.74. The molecule has 1 unspecified atom stereocenters. The number of carbonyl (C=O) groups is 1. The first-order valence-corrected chi connectivity index (χ1v) is 7.29. The van der Waals surface area contributed by atoms with Crippen LogP contribution in [0.5, 0.6) is 5.75 Å². The van der Waals surface area contributed by atoms with Crippen molar-refractivity contribution in [2.75, 3.05) is 20.7 Å². The molecule has 2 N–H and O–H groups in total. The highest BCUT2D eigenvalue weighted by Gasteiger charge is 2.23. The fourth-order valence-corrected chi connectivity index (χ4v) is 2.50. The normalized spacial score (nSPS) is 11.8. The Balaban J connectivity index is 2.14. The topological polar surface area (TPSA) is 55.6 Å². The Hall–Kier alpha value is -2.33. The molecule has 0 saturated heterocycles. The van der Waals surface area contributed by atoms with E-state index >= 15 is 0 Å². The second-order valence-corrected chi connectivity index (χ2v) is 5.21. The molecule has 116 valence electrons. The van der Waals surface area contributed by atoms with Gasteiger partial charge < -0.3 is 15.4 Å². The van der Waals surface area contributed by atoms with Crippen molar-refractivity contribution in [2.45, 2.75) is 12.5 Å². The summed E-state index contributed by atoms with van der Waals surface area (Å²) in [5, 5.41) is 0. The average Bonchev–Trinajstić information content (AvgIpc) is 2.57. The van der Waals surface area contributed by atoms with E-state index in [1.54, 1.807) is 19.1 Å². The quantitative estimate of drug-likeness (QED) is 0.891. The van der Waals surface area contributed by atoms with Crippen molar-refractivity contribution in [1.82, 2.24) is 4.90 Å². The number of methoxy groups -OCH3 is 1. The molecule has 0 aromatic heterocycles. The van der Waals surface area contributed by atoms with Crippen molar-refractivity contribution in [2.24, 2.45) is 5.73 Å². The predicted molar refractivity (Wildman–Crippen MR) is 87.7 cm³/mol. The second-order valence-electron chi connectivity index (χ2n) is 5.21. The maximum atomic E-state index is 12.7. The summed E-state index contributed by atoms with van der Waals surface area (Å²) in [6.45, 7) is 0.783. The van der Waals surface area contributed by atoms with Gasteiger partial charge in [-0.15, -0.1) is 0 Å². The lowest BCUT2D eigenvalue weighted by atomic mass is 9.97. The zero-order valence-electron chi connectivity index (χ0n) is 13.0.